The highest BCUT2D eigenvalue weighted by Crippen LogP contribution is 2.27. The van der Waals surface area contributed by atoms with Crippen molar-refractivity contribution in [3.63, 3.8) is 0 Å². The summed E-state index contributed by atoms with van der Waals surface area (Å²) in [5.41, 5.74) is 0.911. The van der Waals surface area contributed by atoms with E-state index >= 15 is 0 Å². The zero-order chi connectivity index (χ0) is 17.5. The van der Waals surface area contributed by atoms with Crippen LogP contribution in [0.5, 0.6) is 0 Å². The molecule has 0 aliphatic rings. The van der Waals surface area contributed by atoms with Crippen LogP contribution in [0.15, 0.2) is 46.9 Å². The lowest BCUT2D eigenvalue weighted by atomic mass is 10.2. The second-order valence-corrected chi connectivity index (χ2v) is 6.32. The van der Waals surface area contributed by atoms with Crippen molar-refractivity contribution in [2.24, 2.45) is 0 Å². The summed E-state index contributed by atoms with van der Waals surface area (Å²) in [7, 11) is 0. The normalized spacial score (nSPS) is 10.2. The highest BCUT2D eigenvalue weighted by Gasteiger charge is 2.13. The van der Waals surface area contributed by atoms with Gasteiger partial charge in [0.25, 0.3) is 11.6 Å². The third-order valence-electron chi connectivity index (χ3n) is 3.20. The minimum absolute atomic E-state index is 0.0688. The Hall–Kier alpha value is -2.12. The minimum atomic E-state index is -0.483. The van der Waals surface area contributed by atoms with E-state index in [0.29, 0.717) is 35.8 Å². The van der Waals surface area contributed by atoms with Gasteiger partial charge in [0.2, 0.25) is 0 Å². The SMILES string of the molecule is O=C(NCCCNc1ccc(Cl)cc1[N+](=O)[O-])c1cccc(Br)c1. The Labute approximate surface area is 152 Å². The van der Waals surface area contributed by atoms with Gasteiger partial charge < -0.3 is 10.6 Å². The smallest absolute Gasteiger partial charge is 0.293 e. The second-order valence-electron chi connectivity index (χ2n) is 4.97. The Morgan fingerprint density at radius 2 is 2.00 bits per heavy atom. The molecule has 0 saturated carbocycles. The first-order valence-corrected chi connectivity index (χ1v) is 8.36. The summed E-state index contributed by atoms with van der Waals surface area (Å²) in [6.45, 7) is 0.945. The van der Waals surface area contributed by atoms with Crippen LogP contribution < -0.4 is 10.6 Å². The molecule has 126 valence electrons. The lowest BCUT2D eigenvalue weighted by molar-refractivity contribution is -0.383. The van der Waals surface area contributed by atoms with Crippen LogP contribution in [0.1, 0.15) is 16.8 Å². The molecule has 0 radical (unpaired) electrons. The lowest BCUT2D eigenvalue weighted by Crippen LogP contribution is -2.25. The van der Waals surface area contributed by atoms with E-state index in [0.717, 1.165) is 4.47 Å². The van der Waals surface area contributed by atoms with Crippen LogP contribution in [-0.2, 0) is 0 Å². The molecule has 0 aliphatic heterocycles. The van der Waals surface area contributed by atoms with Crippen LogP contribution in [0.3, 0.4) is 0 Å². The van der Waals surface area contributed by atoms with Gasteiger partial charge in [-0.15, -0.1) is 0 Å². The molecule has 0 atom stereocenters. The van der Waals surface area contributed by atoms with Crippen LogP contribution in [0.25, 0.3) is 0 Å². The van der Waals surface area contributed by atoms with Crippen molar-refractivity contribution >= 4 is 44.8 Å². The Kier molecular flexibility index (Phi) is 6.57. The molecule has 0 aliphatic carbocycles. The van der Waals surface area contributed by atoms with Gasteiger partial charge in [0.15, 0.2) is 0 Å². The van der Waals surface area contributed by atoms with Crippen LogP contribution in [0, 0.1) is 10.1 Å². The number of halogens is 2. The summed E-state index contributed by atoms with van der Waals surface area (Å²) in [6.07, 6.45) is 0.625. The van der Waals surface area contributed by atoms with Crippen molar-refractivity contribution in [2.45, 2.75) is 6.42 Å². The molecule has 2 aromatic carbocycles. The van der Waals surface area contributed by atoms with Crippen molar-refractivity contribution in [3.05, 3.63) is 67.6 Å². The average Bonchev–Trinajstić information content (AvgIpc) is 2.55. The summed E-state index contributed by atoms with van der Waals surface area (Å²) >= 11 is 9.08. The Morgan fingerprint density at radius 1 is 1.21 bits per heavy atom. The van der Waals surface area contributed by atoms with E-state index in [1.165, 1.54) is 6.07 Å². The van der Waals surface area contributed by atoms with Crippen LogP contribution >= 0.6 is 27.5 Å². The molecule has 0 heterocycles. The van der Waals surface area contributed by atoms with Crippen molar-refractivity contribution in [1.29, 1.82) is 0 Å². The fourth-order valence-corrected chi connectivity index (χ4v) is 2.62. The second kappa shape index (κ2) is 8.65. The summed E-state index contributed by atoms with van der Waals surface area (Å²) in [5, 5.41) is 17.1. The predicted octanol–water partition coefficient (Wildman–Crippen LogP) is 4.24. The molecule has 1 amide bonds. The number of benzene rings is 2. The van der Waals surface area contributed by atoms with E-state index in [1.54, 1.807) is 30.3 Å². The topological polar surface area (TPSA) is 84.3 Å². The number of nitrogens with zero attached hydrogens (tertiary/aromatic N) is 1. The van der Waals surface area contributed by atoms with Crippen LogP contribution in [-0.4, -0.2) is 23.9 Å². The Balaban J connectivity index is 1.79. The molecule has 0 fully saturated rings. The number of carbonyl (C=O) groups excluding carboxylic acids is 1. The van der Waals surface area contributed by atoms with E-state index < -0.39 is 4.92 Å². The van der Waals surface area contributed by atoms with Crippen LogP contribution in [0.4, 0.5) is 11.4 Å². The van der Waals surface area contributed by atoms with Gasteiger partial charge in [-0.25, -0.2) is 0 Å². The number of hydrogen-bond acceptors (Lipinski definition) is 4. The predicted molar refractivity (Wildman–Crippen MR) is 97.7 cm³/mol. The quantitative estimate of drug-likeness (QED) is 0.405. The molecule has 6 nitrogen and oxygen atoms in total. The standard InChI is InChI=1S/C16H15BrClN3O3/c17-12-4-1-3-11(9-12)16(22)20-8-2-7-19-14-6-5-13(18)10-15(14)21(23)24/h1,3-6,9-10,19H,2,7-8H2,(H,20,22). The first kappa shape index (κ1) is 18.2. The van der Waals surface area contributed by atoms with Crippen molar-refractivity contribution in [2.75, 3.05) is 18.4 Å². The van der Waals surface area contributed by atoms with Crippen molar-refractivity contribution in [3.8, 4) is 0 Å². The Bertz CT molecular complexity index is 755. The summed E-state index contributed by atoms with van der Waals surface area (Å²) in [4.78, 5) is 22.5. The zero-order valence-corrected chi connectivity index (χ0v) is 14.9. The van der Waals surface area contributed by atoms with Gasteiger partial charge in [-0.2, -0.15) is 0 Å². The number of rotatable bonds is 7. The summed E-state index contributed by atoms with van der Waals surface area (Å²) < 4.78 is 0.840. The van der Waals surface area contributed by atoms with Gasteiger partial charge in [-0.3, -0.25) is 14.9 Å². The number of anilines is 1. The van der Waals surface area contributed by atoms with E-state index in [9.17, 15) is 14.9 Å². The molecule has 2 rings (SSSR count). The first-order chi connectivity index (χ1) is 11.5. The highest BCUT2D eigenvalue weighted by atomic mass is 79.9. The van der Waals surface area contributed by atoms with Gasteiger partial charge >= 0.3 is 0 Å². The largest absolute Gasteiger partial charge is 0.379 e. The monoisotopic (exact) mass is 411 g/mol. The fourth-order valence-electron chi connectivity index (χ4n) is 2.05. The maximum absolute atomic E-state index is 12.0. The molecule has 0 aromatic heterocycles. The molecule has 24 heavy (non-hydrogen) atoms. The molecular formula is C16H15BrClN3O3. The van der Waals surface area contributed by atoms with E-state index in [2.05, 4.69) is 26.6 Å². The van der Waals surface area contributed by atoms with Crippen molar-refractivity contribution < 1.29 is 9.72 Å². The molecule has 0 unspecified atom stereocenters. The van der Waals surface area contributed by atoms with E-state index in [4.69, 9.17) is 11.6 Å². The highest BCUT2D eigenvalue weighted by molar-refractivity contribution is 9.10. The minimum Gasteiger partial charge on any atom is -0.379 e. The zero-order valence-electron chi connectivity index (χ0n) is 12.6. The third-order valence-corrected chi connectivity index (χ3v) is 3.93. The number of amides is 1. The molecule has 0 bridgehead atoms. The van der Waals surface area contributed by atoms with Gasteiger partial charge in [-0.05, 0) is 36.8 Å². The lowest BCUT2D eigenvalue weighted by Gasteiger charge is -2.08. The molecule has 0 saturated heterocycles. The van der Waals surface area contributed by atoms with Gasteiger partial charge in [0, 0.05) is 34.2 Å². The van der Waals surface area contributed by atoms with Gasteiger partial charge in [0.05, 0.1) is 4.92 Å². The summed E-state index contributed by atoms with van der Waals surface area (Å²) in [5.74, 6) is -0.159. The van der Waals surface area contributed by atoms with Crippen LogP contribution in [0.2, 0.25) is 5.02 Å². The molecule has 8 heteroatoms. The Morgan fingerprint density at radius 3 is 2.71 bits per heavy atom. The van der Waals surface area contributed by atoms with Crippen molar-refractivity contribution in [1.82, 2.24) is 5.32 Å². The summed E-state index contributed by atoms with van der Waals surface area (Å²) in [6, 6.07) is 11.6. The average molecular weight is 413 g/mol. The molecule has 2 aromatic rings. The number of nitro benzene ring substituents is 1. The fraction of sp³-hybridized carbons (Fsp3) is 0.188. The van der Waals surface area contributed by atoms with E-state index in [-0.39, 0.29) is 11.6 Å². The number of carbonyl (C=O) groups is 1. The van der Waals surface area contributed by atoms with E-state index in [1.807, 2.05) is 6.07 Å². The number of nitro groups is 1. The van der Waals surface area contributed by atoms with Gasteiger partial charge in [-0.1, -0.05) is 33.6 Å². The molecule has 0 spiro atoms. The molecular weight excluding hydrogens is 398 g/mol. The maximum atomic E-state index is 12.0. The first-order valence-electron chi connectivity index (χ1n) is 7.19. The molecule has 2 N–H and O–H groups in total. The van der Waals surface area contributed by atoms with Gasteiger partial charge in [0.1, 0.15) is 5.69 Å². The maximum Gasteiger partial charge on any atom is 0.293 e. The number of hydrogen-bond donors (Lipinski definition) is 2. The third kappa shape index (κ3) is 5.21. The number of nitrogens with one attached hydrogen (secondary N) is 2.